The van der Waals surface area contributed by atoms with Crippen LogP contribution in [0.5, 0.6) is 0 Å². The first-order chi connectivity index (χ1) is 9.19. The molecule has 1 atom stereocenters. The summed E-state index contributed by atoms with van der Waals surface area (Å²) in [5.74, 6) is 0.419. The maximum atomic E-state index is 11.2. The van der Waals surface area contributed by atoms with Gasteiger partial charge in [-0.05, 0) is 43.3 Å². The zero-order chi connectivity index (χ0) is 13.4. The van der Waals surface area contributed by atoms with Gasteiger partial charge in [-0.2, -0.15) is 0 Å². The van der Waals surface area contributed by atoms with Crippen LogP contribution >= 0.6 is 0 Å². The van der Waals surface area contributed by atoms with Crippen LogP contribution in [0.1, 0.15) is 22.9 Å². The lowest BCUT2D eigenvalue weighted by Crippen LogP contribution is -2.17. The molecule has 19 heavy (non-hydrogen) atoms. The van der Waals surface area contributed by atoms with Gasteiger partial charge in [0.05, 0.1) is 17.8 Å². The summed E-state index contributed by atoms with van der Waals surface area (Å²) < 4.78 is 10.6. The van der Waals surface area contributed by atoms with E-state index < -0.39 is 5.76 Å². The average Bonchev–Trinajstić information content (AvgIpc) is 2.95. The second-order valence-corrected chi connectivity index (χ2v) is 4.46. The van der Waals surface area contributed by atoms with Crippen molar-refractivity contribution < 1.29 is 8.83 Å². The molecule has 0 spiro atoms. The van der Waals surface area contributed by atoms with Crippen molar-refractivity contribution in [1.29, 1.82) is 0 Å². The fourth-order valence-electron chi connectivity index (χ4n) is 2.27. The number of H-pyrrole nitrogens is 1. The highest BCUT2D eigenvalue weighted by Gasteiger charge is 2.18. The van der Waals surface area contributed by atoms with Crippen molar-refractivity contribution in [2.24, 2.45) is 0 Å². The monoisotopic (exact) mass is 258 g/mol. The van der Waals surface area contributed by atoms with E-state index in [1.165, 1.54) is 0 Å². The molecule has 0 aliphatic carbocycles. The van der Waals surface area contributed by atoms with E-state index in [1.54, 1.807) is 6.26 Å². The zero-order valence-corrected chi connectivity index (χ0v) is 10.7. The van der Waals surface area contributed by atoms with E-state index in [2.05, 4.69) is 10.3 Å². The van der Waals surface area contributed by atoms with Gasteiger partial charge in [0, 0.05) is 0 Å². The SMILES string of the molecule is CNC(c1ccc2[nH]c(=O)oc2c1)c1occc1C. The Balaban J connectivity index is 2.11. The molecule has 3 rings (SSSR count). The van der Waals surface area contributed by atoms with Gasteiger partial charge in [0.25, 0.3) is 0 Å². The molecule has 1 aromatic carbocycles. The summed E-state index contributed by atoms with van der Waals surface area (Å²) in [6, 6.07) is 7.47. The Morgan fingerprint density at radius 2 is 2.16 bits per heavy atom. The average molecular weight is 258 g/mol. The number of fused-ring (bicyclic) bond motifs is 1. The van der Waals surface area contributed by atoms with Crippen molar-refractivity contribution in [2.45, 2.75) is 13.0 Å². The van der Waals surface area contributed by atoms with E-state index in [4.69, 9.17) is 8.83 Å². The molecule has 0 radical (unpaired) electrons. The van der Waals surface area contributed by atoms with Gasteiger partial charge in [-0.15, -0.1) is 0 Å². The minimum atomic E-state index is -0.442. The number of hydrogen-bond acceptors (Lipinski definition) is 4. The number of rotatable bonds is 3. The molecule has 0 saturated carbocycles. The number of aromatic amines is 1. The van der Waals surface area contributed by atoms with Gasteiger partial charge in [-0.1, -0.05) is 6.07 Å². The first kappa shape index (κ1) is 11.8. The van der Waals surface area contributed by atoms with Crippen molar-refractivity contribution in [3.05, 3.63) is 58.0 Å². The van der Waals surface area contributed by atoms with Gasteiger partial charge in [0.2, 0.25) is 0 Å². The molecule has 2 aromatic heterocycles. The second-order valence-electron chi connectivity index (χ2n) is 4.46. The van der Waals surface area contributed by atoms with E-state index >= 15 is 0 Å². The van der Waals surface area contributed by atoms with E-state index in [0.717, 1.165) is 16.9 Å². The largest absolute Gasteiger partial charge is 0.467 e. The summed E-state index contributed by atoms with van der Waals surface area (Å²) in [5, 5.41) is 3.21. The van der Waals surface area contributed by atoms with Gasteiger partial charge in [0.1, 0.15) is 5.76 Å². The summed E-state index contributed by atoms with van der Waals surface area (Å²) in [4.78, 5) is 13.8. The molecule has 98 valence electrons. The van der Waals surface area contributed by atoms with Crippen LogP contribution in [0, 0.1) is 6.92 Å². The number of furan rings is 1. The topological polar surface area (TPSA) is 71.2 Å². The lowest BCUT2D eigenvalue weighted by molar-refractivity contribution is 0.460. The van der Waals surface area contributed by atoms with Crippen LogP contribution in [0.25, 0.3) is 11.1 Å². The van der Waals surface area contributed by atoms with Crippen molar-refractivity contribution in [3.8, 4) is 0 Å². The normalized spacial score (nSPS) is 12.9. The molecular weight excluding hydrogens is 244 g/mol. The number of benzene rings is 1. The van der Waals surface area contributed by atoms with Crippen molar-refractivity contribution in [3.63, 3.8) is 0 Å². The van der Waals surface area contributed by atoms with E-state index in [0.29, 0.717) is 11.1 Å². The molecule has 1 unspecified atom stereocenters. The minimum Gasteiger partial charge on any atom is -0.467 e. The van der Waals surface area contributed by atoms with Crippen LogP contribution in [0.4, 0.5) is 0 Å². The Hall–Kier alpha value is -2.27. The smallest absolute Gasteiger partial charge is 0.417 e. The number of nitrogens with one attached hydrogen (secondary N) is 2. The maximum absolute atomic E-state index is 11.2. The molecule has 5 heteroatoms. The Morgan fingerprint density at radius 3 is 2.84 bits per heavy atom. The Kier molecular flexibility index (Phi) is 2.76. The molecule has 5 nitrogen and oxygen atoms in total. The zero-order valence-electron chi connectivity index (χ0n) is 10.7. The van der Waals surface area contributed by atoms with Crippen molar-refractivity contribution in [1.82, 2.24) is 10.3 Å². The number of aromatic nitrogens is 1. The molecule has 2 N–H and O–H groups in total. The maximum Gasteiger partial charge on any atom is 0.417 e. The summed E-state index contributed by atoms with van der Waals surface area (Å²) in [5.41, 5.74) is 3.30. The van der Waals surface area contributed by atoms with Crippen LogP contribution in [0.3, 0.4) is 0 Å². The van der Waals surface area contributed by atoms with Gasteiger partial charge < -0.3 is 14.2 Å². The first-order valence-electron chi connectivity index (χ1n) is 6.03. The van der Waals surface area contributed by atoms with Crippen LogP contribution < -0.4 is 11.1 Å². The number of hydrogen-bond donors (Lipinski definition) is 2. The highest BCUT2D eigenvalue weighted by Crippen LogP contribution is 2.27. The fraction of sp³-hybridized carbons (Fsp3) is 0.214. The lowest BCUT2D eigenvalue weighted by atomic mass is 10.0. The fourth-order valence-corrected chi connectivity index (χ4v) is 2.27. The quantitative estimate of drug-likeness (QED) is 0.756. The third-order valence-corrected chi connectivity index (χ3v) is 3.23. The van der Waals surface area contributed by atoms with Crippen LogP contribution in [-0.4, -0.2) is 12.0 Å². The Morgan fingerprint density at radius 1 is 1.32 bits per heavy atom. The predicted octanol–water partition coefficient (Wildman–Crippen LogP) is 2.33. The van der Waals surface area contributed by atoms with Gasteiger partial charge in [0.15, 0.2) is 5.58 Å². The Bertz CT molecular complexity index is 766. The van der Waals surface area contributed by atoms with Crippen LogP contribution in [-0.2, 0) is 0 Å². The van der Waals surface area contributed by atoms with Gasteiger partial charge >= 0.3 is 5.76 Å². The number of aryl methyl sites for hydroxylation is 1. The molecule has 0 aliphatic heterocycles. The summed E-state index contributed by atoms with van der Waals surface area (Å²) in [7, 11) is 1.87. The highest BCUT2D eigenvalue weighted by atomic mass is 16.4. The lowest BCUT2D eigenvalue weighted by Gasteiger charge is -2.15. The van der Waals surface area contributed by atoms with Crippen LogP contribution in [0.2, 0.25) is 0 Å². The summed E-state index contributed by atoms with van der Waals surface area (Å²) in [6.07, 6.45) is 1.67. The molecule has 0 aliphatic rings. The first-order valence-corrected chi connectivity index (χ1v) is 6.03. The van der Waals surface area contributed by atoms with E-state index in [-0.39, 0.29) is 6.04 Å². The molecular formula is C14H14N2O3. The number of oxazole rings is 1. The molecule has 0 fully saturated rings. The van der Waals surface area contributed by atoms with E-state index in [1.807, 2.05) is 38.2 Å². The Labute approximate surface area is 109 Å². The highest BCUT2D eigenvalue weighted by molar-refractivity contribution is 5.73. The molecule has 0 amide bonds. The third-order valence-electron chi connectivity index (χ3n) is 3.23. The van der Waals surface area contributed by atoms with Crippen molar-refractivity contribution >= 4 is 11.1 Å². The second kappa shape index (κ2) is 4.44. The molecule has 0 saturated heterocycles. The predicted molar refractivity (Wildman–Crippen MR) is 71.2 cm³/mol. The van der Waals surface area contributed by atoms with Gasteiger partial charge in [-0.25, -0.2) is 4.79 Å². The standard InChI is InChI=1S/C14H14N2O3/c1-8-5-6-18-13(8)12(15-2)9-3-4-10-11(7-9)19-14(17)16-10/h3-7,12,15H,1-2H3,(H,16,17). The van der Waals surface area contributed by atoms with E-state index in [9.17, 15) is 4.79 Å². The molecule has 0 bridgehead atoms. The van der Waals surface area contributed by atoms with Crippen molar-refractivity contribution in [2.75, 3.05) is 7.05 Å². The summed E-state index contributed by atoms with van der Waals surface area (Å²) >= 11 is 0. The molecule has 2 heterocycles. The van der Waals surface area contributed by atoms with Gasteiger partial charge in [-0.3, -0.25) is 4.98 Å². The minimum absolute atomic E-state index is 0.0698. The summed E-state index contributed by atoms with van der Waals surface area (Å²) in [6.45, 7) is 2.00. The molecule has 3 aromatic rings. The van der Waals surface area contributed by atoms with Crippen LogP contribution in [0.15, 0.2) is 44.2 Å². The third kappa shape index (κ3) is 1.98.